The lowest BCUT2D eigenvalue weighted by molar-refractivity contribution is -0.140. The van der Waals surface area contributed by atoms with Crippen LogP contribution in [0.2, 0.25) is 0 Å². The predicted molar refractivity (Wildman–Crippen MR) is 66.2 cm³/mol. The summed E-state index contributed by atoms with van der Waals surface area (Å²) in [6.45, 7) is 0. The molecule has 0 aliphatic carbocycles. The van der Waals surface area contributed by atoms with Crippen LogP contribution in [0, 0.1) is 0 Å². The Labute approximate surface area is 117 Å². The zero-order chi connectivity index (χ0) is 14.6. The van der Waals surface area contributed by atoms with E-state index in [0.29, 0.717) is 0 Å². The molecule has 1 aromatic carbocycles. The largest absolute Gasteiger partial charge is 0.481 e. The maximum absolute atomic E-state index is 12.8. The Morgan fingerprint density at radius 1 is 1.32 bits per heavy atom. The number of benzene rings is 1. The van der Waals surface area contributed by atoms with Crippen LogP contribution < -0.4 is 0 Å². The highest BCUT2D eigenvalue weighted by Gasteiger charge is 2.35. The molecule has 0 amide bonds. The van der Waals surface area contributed by atoms with Gasteiger partial charge in [-0.1, -0.05) is 41.4 Å². The Morgan fingerprint density at radius 3 is 2.37 bits per heavy atom. The molecule has 104 valence electrons. The normalized spacial score (nSPS) is 12.9. The summed E-state index contributed by atoms with van der Waals surface area (Å²) in [7, 11) is 0. The monoisotopic (exact) mass is 312 g/mol. The van der Waals surface area contributed by atoms with Crippen molar-refractivity contribution in [2.75, 3.05) is 0 Å². The van der Waals surface area contributed by atoms with E-state index in [1.165, 1.54) is 18.2 Å². The average Bonchev–Trinajstić information content (AvgIpc) is 2.25. The number of aliphatic carboxylic acids is 1. The van der Waals surface area contributed by atoms with Gasteiger partial charge in [0.05, 0.1) is 12.0 Å². The number of alkyl halides is 3. The van der Waals surface area contributed by atoms with Gasteiger partial charge in [-0.2, -0.15) is 13.2 Å². The van der Waals surface area contributed by atoms with Crippen molar-refractivity contribution in [3.05, 3.63) is 46.0 Å². The number of hydrogen-bond acceptors (Lipinski definition) is 1. The summed E-state index contributed by atoms with van der Waals surface area (Å²) in [4.78, 5) is 10.7. The maximum atomic E-state index is 12.8. The average molecular weight is 313 g/mol. The molecular formula is C12H9Cl2F3O2. The first-order valence-electron chi connectivity index (χ1n) is 5.12. The first kappa shape index (κ1) is 15.9. The van der Waals surface area contributed by atoms with Crippen molar-refractivity contribution in [3.63, 3.8) is 0 Å². The number of hydrogen-bond donors (Lipinski definition) is 1. The molecule has 0 radical (unpaired) electrons. The molecule has 0 saturated carbocycles. The summed E-state index contributed by atoms with van der Waals surface area (Å²) in [5.41, 5.74) is -1.07. The molecule has 1 rings (SSSR count). The van der Waals surface area contributed by atoms with Gasteiger partial charge in [0.1, 0.15) is 4.49 Å². The van der Waals surface area contributed by atoms with Gasteiger partial charge < -0.3 is 5.11 Å². The highest BCUT2D eigenvalue weighted by Crippen LogP contribution is 2.37. The van der Waals surface area contributed by atoms with E-state index in [4.69, 9.17) is 28.3 Å². The molecule has 19 heavy (non-hydrogen) atoms. The second-order valence-corrected chi connectivity index (χ2v) is 4.75. The SMILES string of the molecule is O=C(O)CC(C=C(Cl)Cl)c1ccccc1C(F)(F)F. The van der Waals surface area contributed by atoms with Crippen molar-refractivity contribution in [1.29, 1.82) is 0 Å². The van der Waals surface area contributed by atoms with Gasteiger partial charge in [-0.15, -0.1) is 0 Å². The minimum Gasteiger partial charge on any atom is -0.481 e. The molecule has 2 nitrogen and oxygen atoms in total. The van der Waals surface area contributed by atoms with Crippen molar-refractivity contribution < 1.29 is 23.1 Å². The molecule has 0 spiro atoms. The summed E-state index contributed by atoms with van der Waals surface area (Å²) in [6.07, 6.45) is -4.02. The summed E-state index contributed by atoms with van der Waals surface area (Å²) in [6, 6.07) is 4.73. The summed E-state index contributed by atoms with van der Waals surface area (Å²) >= 11 is 10.8. The van der Waals surface area contributed by atoms with Crippen molar-refractivity contribution in [2.45, 2.75) is 18.5 Å². The van der Waals surface area contributed by atoms with E-state index in [1.54, 1.807) is 0 Å². The minimum atomic E-state index is -4.57. The van der Waals surface area contributed by atoms with Crippen LogP contribution in [-0.2, 0) is 11.0 Å². The Hall–Kier alpha value is -1.20. The van der Waals surface area contributed by atoms with E-state index in [9.17, 15) is 18.0 Å². The van der Waals surface area contributed by atoms with E-state index in [2.05, 4.69) is 0 Å². The smallest absolute Gasteiger partial charge is 0.416 e. The quantitative estimate of drug-likeness (QED) is 0.883. The van der Waals surface area contributed by atoms with Gasteiger partial charge in [0.2, 0.25) is 0 Å². The van der Waals surface area contributed by atoms with Crippen LogP contribution in [0.25, 0.3) is 0 Å². The second-order valence-electron chi connectivity index (χ2n) is 3.75. The molecular weight excluding hydrogens is 304 g/mol. The van der Waals surface area contributed by atoms with Gasteiger partial charge in [-0.05, 0) is 17.7 Å². The fraction of sp³-hybridized carbons (Fsp3) is 0.250. The highest BCUT2D eigenvalue weighted by atomic mass is 35.5. The molecule has 7 heteroatoms. The lowest BCUT2D eigenvalue weighted by atomic mass is 9.91. The number of rotatable bonds is 4. The molecule has 1 N–H and O–H groups in total. The zero-order valence-corrected chi connectivity index (χ0v) is 10.9. The summed E-state index contributed by atoms with van der Waals surface area (Å²) in [5, 5.41) is 8.76. The number of carboxylic acid groups (broad SMARTS) is 1. The second kappa shape index (κ2) is 6.30. The third kappa shape index (κ3) is 4.76. The molecule has 0 aromatic heterocycles. The van der Waals surface area contributed by atoms with E-state index in [1.807, 2.05) is 0 Å². The van der Waals surface area contributed by atoms with E-state index in [0.717, 1.165) is 12.1 Å². The third-order valence-corrected chi connectivity index (χ3v) is 2.64. The molecule has 0 bridgehead atoms. The summed E-state index contributed by atoms with van der Waals surface area (Å²) in [5.74, 6) is -2.28. The van der Waals surface area contributed by atoms with Crippen LogP contribution in [-0.4, -0.2) is 11.1 Å². The van der Waals surface area contributed by atoms with Crippen LogP contribution in [0.15, 0.2) is 34.8 Å². The van der Waals surface area contributed by atoms with Crippen molar-refractivity contribution in [3.8, 4) is 0 Å². The lowest BCUT2D eigenvalue weighted by Gasteiger charge is -2.17. The zero-order valence-electron chi connectivity index (χ0n) is 9.42. The first-order chi connectivity index (χ1) is 8.71. The molecule has 1 unspecified atom stereocenters. The van der Waals surface area contributed by atoms with Gasteiger partial charge in [-0.3, -0.25) is 4.79 Å². The molecule has 0 fully saturated rings. The molecule has 0 aliphatic rings. The predicted octanol–water partition coefficient (Wildman–Crippen LogP) is 4.58. The molecule has 0 saturated heterocycles. The van der Waals surface area contributed by atoms with E-state index in [-0.39, 0.29) is 10.1 Å². The van der Waals surface area contributed by atoms with Crippen LogP contribution in [0.5, 0.6) is 0 Å². The van der Waals surface area contributed by atoms with Crippen molar-refractivity contribution >= 4 is 29.2 Å². The minimum absolute atomic E-state index is 0.170. The van der Waals surface area contributed by atoms with Crippen molar-refractivity contribution in [2.24, 2.45) is 0 Å². The molecule has 1 aromatic rings. The van der Waals surface area contributed by atoms with Gasteiger partial charge in [0.25, 0.3) is 0 Å². The van der Waals surface area contributed by atoms with E-state index < -0.39 is 30.0 Å². The lowest BCUT2D eigenvalue weighted by Crippen LogP contribution is -2.13. The first-order valence-corrected chi connectivity index (χ1v) is 5.88. The van der Waals surface area contributed by atoms with E-state index >= 15 is 0 Å². The van der Waals surface area contributed by atoms with Crippen LogP contribution >= 0.6 is 23.2 Å². The maximum Gasteiger partial charge on any atom is 0.416 e. The van der Waals surface area contributed by atoms with Crippen molar-refractivity contribution in [1.82, 2.24) is 0 Å². The molecule has 0 heterocycles. The summed E-state index contributed by atoms with van der Waals surface area (Å²) < 4.78 is 38.3. The van der Waals surface area contributed by atoms with Crippen LogP contribution in [0.3, 0.4) is 0 Å². The Kier molecular flexibility index (Phi) is 5.26. The third-order valence-electron chi connectivity index (χ3n) is 2.39. The fourth-order valence-electron chi connectivity index (χ4n) is 1.68. The topological polar surface area (TPSA) is 37.3 Å². The number of halogens is 5. The Morgan fingerprint density at radius 2 is 1.89 bits per heavy atom. The molecule has 1 atom stereocenters. The van der Waals surface area contributed by atoms with Crippen LogP contribution in [0.4, 0.5) is 13.2 Å². The van der Waals surface area contributed by atoms with Gasteiger partial charge >= 0.3 is 12.1 Å². The van der Waals surface area contributed by atoms with Gasteiger partial charge in [0.15, 0.2) is 0 Å². The Balaban J connectivity index is 3.30. The number of carboxylic acids is 1. The molecule has 0 aliphatic heterocycles. The van der Waals surface area contributed by atoms with Crippen LogP contribution in [0.1, 0.15) is 23.5 Å². The fourth-order valence-corrected chi connectivity index (χ4v) is 1.98. The Bertz CT molecular complexity index is 494. The highest BCUT2D eigenvalue weighted by molar-refractivity contribution is 6.55. The van der Waals surface area contributed by atoms with Gasteiger partial charge in [-0.25, -0.2) is 0 Å². The standard InChI is InChI=1S/C12H9Cl2F3O2/c13-10(14)5-7(6-11(18)19)8-3-1-2-4-9(8)12(15,16)17/h1-5,7H,6H2,(H,18,19). The van der Waals surface area contributed by atoms with Gasteiger partial charge in [0, 0.05) is 5.92 Å². The number of carbonyl (C=O) groups is 1. The number of allylic oxidation sites excluding steroid dienone is 1.